The maximum absolute atomic E-state index is 5.80. The van der Waals surface area contributed by atoms with Crippen molar-refractivity contribution in [2.24, 2.45) is 0 Å². The number of nitrogen functional groups attached to an aromatic ring is 1. The topological polar surface area (TPSA) is 73.9 Å². The maximum atomic E-state index is 5.80. The SMILES string of the molecule is CCCc1nc(N)cc(-c2ncccc2OC)n1. The number of hydrogen-bond acceptors (Lipinski definition) is 5. The number of nitrogens with two attached hydrogens (primary N) is 1. The van der Waals surface area contributed by atoms with Crippen LogP contribution < -0.4 is 10.5 Å². The molecule has 0 aliphatic rings. The van der Waals surface area contributed by atoms with Crippen molar-refractivity contribution < 1.29 is 4.74 Å². The second-order valence-electron chi connectivity index (χ2n) is 3.90. The van der Waals surface area contributed by atoms with Crippen LogP contribution in [0.4, 0.5) is 5.82 Å². The fraction of sp³-hybridized carbons (Fsp3) is 0.308. The zero-order valence-electron chi connectivity index (χ0n) is 10.6. The van der Waals surface area contributed by atoms with E-state index < -0.39 is 0 Å². The van der Waals surface area contributed by atoms with Crippen molar-refractivity contribution >= 4 is 5.82 Å². The molecule has 0 saturated carbocycles. The molecule has 0 radical (unpaired) electrons. The summed E-state index contributed by atoms with van der Waals surface area (Å²) in [5, 5.41) is 0. The smallest absolute Gasteiger partial charge is 0.146 e. The van der Waals surface area contributed by atoms with E-state index in [0.717, 1.165) is 18.7 Å². The number of methoxy groups -OCH3 is 1. The van der Waals surface area contributed by atoms with Gasteiger partial charge in [-0.25, -0.2) is 9.97 Å². The predicted molar refractivity (Wildman–Crippen MR) is 70.2 cm³/mol. The highest BCUT2D eigenvalue weighted by Crippen LogP contribution is 2.26. The molecule has 2 aromatic rings. The molecular weight excluding hydrogens is 228 g/mol. The zero-order valence-corrected chi connectivity index (χ0v) is 10.6. The monoisotopic (exact) mass is 244 g/mol. The molecule has 2 heterocycles. The average Bonchev–Trinajstić information content (AvgIpc) is 2.38. The molecule has 0 fully saturated rings. The van der Waals surface area contributed by atoms with Crippen LogP contribution in [0.25, 0.3) is 11.4 Å². The molecule has 0 amide bonds. The second kappa shape index (κ2) is 5.44. The molecule has 2 aromatic heterocycles. The highest BCUT2D eigenvalue weighted by molar-refractivity contribution is 5.64. The highest BCUT2D eigenvalue weighted by atomic mass is 16.5. The molecule has 0 atom stereocenters. The third kappa shape index (κ3) is 2.56. The van der Waals surface area contributed by atoms with Crippen LogP contribution in [0.1, 0.15) is 19.2 Å². The van der Waals surface area contributed by atoms with Crippen molar-refractivity contribution in [2.45, 2.75) is 19.8 Å². The van der Waals surface area contributed by atoms with Crippen LogP contribution in [0.2, 0.25) is 0 Å². The van der Waals surface area contributed by atoms with Crippen LogP contribution in [0.5, 0.6) is 5.75 Å². The molecule has 0 unspecified atom stereocenters. The summed E-state index contributed by atoms with van der Waals surface area (Å²) in [7, 11) is 1.61. The van der Waals surface area contributed by atoms with Crippen LogP contribution in [0, 0.1) is 0 Å². The van der Waals surface area contributed by atoms with Gasteiger partial charge >= 0.3 is 0 Å². The molecule has 2 N–H and O–H groups in total. The van der Waals surface area contributed by atoms with Gasteiger partial charge in [-0.2, -0.15) is 0 Å². The van der Waals surface area contributed by atoms with E-state index in [-0.39, 0.29) is 0 Å². The minimum Gasteiger partial charge on any atom is -0.494 e. The highest BCUT2D eigenvalue weighted by Gasteiger charge is 2.10. The first-order valence-corrected chi connectivity index (χ1v) is 5.87. The van der Waals surface area contributed by atoms with Crippen LogP contribution in [-0.2, 0) is 6.42 Å². The summed E-state index contributed by atoms with van der Waals surface area (Å²) in [6.45, 7) is 2.08. The quantitative estimate of drug-likeness (QED) is 0.891. The van der Waals surface area contributed by atoms with Gasteiger partial charge in [0.25, 0.3) is 0 Å². The van der Waals surface area contributed by atoms with Crippen LogP contribution in [-0.4, -0.2) is 22.1 Å². The van der Waals surface area contributed by atoms with Gasteiger partial charge in [-0.05, 0) is 18.6 Å². The van der Waals surface area contributed by atoms with Crippen LogP contribution in [0.3, 0.4) is 0 Å². The number of aryl methyl sites for hydroxylation is 1. The van der Waals surface area contributed by atoms with Crippen LogP contribution in [0.15, 0.2) is 24.4 Å². The number of hydrogen-bond donors (Lipinski definition) is 1. The molecule has 0 saturated heterocycles. The number of ether oxygens (including phenoxy) is 1. The Morgan fingerprint density at radius 3 is 2.89 bits per heavy atom. The lowest BCUT2D eigenvalue weighted by molar-refractivity contribution is 0.414. The molecule has 0 spiro atoms. The van der Waals surface area contributed by atoms with Gasteiger partial charge in [0.05, 0.1) is 12.8 Å². The van der Waals surface area contributed by atoms with Gasteiger partial charge in [-0.1, -0.05) is 6.92 Å². The molecule has 94 valence electrons. The Kier molecular flexibility index (Phi) is 3.72. The Labute approximate surface area is 106 Å². The molecular formula is C13H16N4O. The summed E-state index contributed by atoms with van der Waals surface area (Å²) in [5.41, 5.74) is 7.18. The van der Waals surface area contributed by atoms with Gasteiger partial charge in [-0.3, -0.25) is 4.98 Å². The lowest BCUT2D eigenvalue weighted by Gasteiger charge is -2.08. The summed E-state index contributed by atoms with van der Waals surface area (Å²) in [6, 6.07) is 5.38. The Morgan fingerprint density at radius 2 is 2.17 bits per heavy atom. The van der Waals surface area contributed by atoms with Crippen molar-refractivity contribution in [3.8, 4) is 17.1 Å². The third-order valence-electron chi connectivity index (χ3n) is 2.50. The number of nitrogens with zero attached hydrogens (tertiary/aromatic N) is 3. The first-order valence-electron chi connectivity index (χ1n) is 5.87. The summed E-state index contributed by atoms with van der Waals surface area (Å²) in [5.74, 6) is 1.87. The molecule has 0 aliphatic carbocycles. The Hall–Kier alpha value is -2.17. The van der Waals surface area contributed by atoms with E-state index in [2.05, 4.69) is 21.9 Å². The van der Waals surface area contributed by atoms with Gasteiger partial charge in [-0.15, -0.1) is 0 Å². The molecule has 5 nitrogen and oxygen atoms in total. The van der Waals surface area contributed by atoms with Gasteiger partial charge in [0.15, 0.2) is 0 Å². The van der Waals surface area contributed by atoms with E-state index in [4.69, 9.17) is 10.5 Å². The Bertz CT molecular complexity index is 542. The van der Waals surface area contributed by atoms with Gasteiger partial charge in [0.2, 0.25) is 0 Å². The van der Waals surface area contributed by atoms with E-state index in [0.29, 0.717) is 23.0 Å². The summed E-state index contributed by atoms with van der Waals surface area (Å²) < 4.78 is 5.28. The Balaban J connectivity index is 2.49. The van der Waals surface area contributed by atoms with E-state index in [1.54, 1.807) is 19.4 Å². The first kappa shape index (κ1) is 12.3. The zero-order chi connectivity index (χ0) is 13.0. The number of anilines is 1. The molecule has 0 aromatic carbocycles. The Morgan fingerprint density at radius 1 is 1.33 bits per heavy atom. The fourth-order valence-electron chi connectivity index (χ4n) is 1.72. The fourth-order valence-corrected chi connectivity index (χ4v) is 1.72. The molecule has 18 heavy (non-hydrogen) atoms. The van der Waals surface area contributed by atoms with E-state index >= 15 is 0 Å². The third-order valence-corrected chi connectivity index (χ3v) is 2.50. The first-order chi connectivity index (χ1) is 8.74. The van der Waals surface area contributed by atoms with E-state index in [1.807, 2.05) is 12.1 Å². The summed E-state index contributed by atoms with van der Waals surface area (Å²) in [4.78, 5) is 13.0. The summed E-state index contributed by atoms with van der Waals surface area (Å²) >= 11 is 0. The minimum atomic E-state index is 0.455. The number of aromatic nitrogens is 3. The lowest BCUT2D eigenvalue weighted by Crippen LogP contribution is -2.02. The van der Waals surface area contributed by atoms with E-state index in [1.165, 1.54) is 0 Å². The molecule has 2 rings (SSSR count). The number of pyridine rings is 1. The second-order valence-corrected chi connectivity index (χ2v) is 3.90. The molecule has 0 bridgehead atoms. The standard InChI is InChI=1S/C13H16N4O/c1-3-5-12-16-9(8-11(14)17-12)13-10(18-2)6-4-7-15-13/h4,6-8H,3,5H2,1-2H3,(H2,14,16,17). The van der Waals surface area contributed by atoms with Crippen molar-refractivity contribution in [3.63, 3.8) is 0 Å². The number of rotatable bonds is 4. The minimum absolute atomic E-state index is 0.455. The van der Waals surface area contributed by atoms with Crippen LogP contribution >= 0.6 is 0 Å². The average molecular weight is 244 g/mol. The van der Waals surface area contributed by atoms with Crippen molar-refractivity contribution in [2.75, 3.05) is 12.8 Å². The van der Waals surface area contributed by atoms with Gasteiger partial charge in [0.1, 0.15) is 23.1 Å². The van der Waals surface area contributed by atoms with Crippen molar-refractivity contribution in [1.29, 1.82) is 0 Å². The largest absolute Gasteiger partial charge is 0.494 e. The van der Waals surface area contributed by atoms with Gasteiger partial charge < -0.3 is 10.5 Å². The normalized spacial score (nSPS) is 10.3. The molecule has 5 heteroatoms. The lowest BCUT2D eigenvalue weighted by atomic mass is 10.2. The van der Waals surface area contributed by atoms with Crippen molar-refractivity contribution in [1.82, 2.24) is 15.0 Å². The predicted octanol–water partition coefficient (Wildman–Crippen LogP) is 2.08. The summed E-state index contributed by atoms with van der Waals surface area (Å²) in [6.07, 6.45) is 3.48. The van der Waals surface area contributed by atoms with E-state index in [9.17, 15) is 0 Å². The maximum Gasteiger partial charge on any atom is 0.146 e. The van der Waals surface area contributed by atoms with Crippen molar-refractivity contribution in [3.05, 3.63) is 30.2 Å². The molecule has 0 aliphatic heterocycles. The van der Waals surface area contributed by atoms with Gasteiger partial charge in [0, 0.05) is 18.7 Å².